The summed E-state index contributed by atoms with van der Waals surface area (Å²) in [4.78, 5) is 0. The summed E-state index contributed by atoms with van der Waals surface area (Å²) in [6.45, 7) is 5.38. The molecule has 0 aromatic heterocycles. The molecule has 1 N–H and O–H groups in total. The number of hydrogen-bond acceptors (Lipinski definition) is 2. The van der Waals surface area contributed by atoms with Crippen molar-refractivity contribution in [2.24, 2.45) is 0 Å². The van der Waals surface area contributed by atoms with Crippen molar-refractivity contribution in [1.82, 2.24) is 5.32 Å². The van der Waals surface area contributed by atoms with E-state index in [1.807, 2.05) is 11.8 Å². The summed E-state index contributed by atoms with van der Waals surface area (Å²) >= 11 is 2.02. The van der Waals surface area contributed by atoms with E-state index in [2.05, 4.69) is 43.6 Å². The quantitative estimate of drug-likeness (QED) is 0.873. The summed E-state index contributed by atoms with van der Waals surface area (Å²) in [6, 6.07) is 7.50. The third-order valence-corrected chi connectivity index (χ3v) is 5.06. The van der Waals surface area contributed by atoms with Gasteiger partial charge in [-0.2, -0.15) is 11.8 Å². The van der Waals surface area contributed by atoms with Crippen LogP contribution in [0.4, 0.5) is 0 Å². The van der Waals surface area contributed by atoms with E-state index in [4.69, 9.17) is 0 Å². The first-order valence-electron chi connectivity index (χ1n) is 6.53. The zero-order valence-electron chi connectivity index (χ0n) is 11.1. The van der Waals surface area contributed by atoms with E-state index in [1.165, 1.54) is 36.0 Å². The van der Waals surface area contributed by atoms with Crippen molar-refractivity contribution in [2.75, 3.05) is 6.26 Å². The monoisotopic (exact) mass is 249 g/mol. The molecule has 17 heavy (non-hydrogen) atoms. The Kier molecular flexibility index (Phi) is 4.52. The number of rotatable bonds is 4. The van der Waals surface area contributed by atoms with Crippen molar-refractivity contribution in [3.8, 4) is 0 Å². The molecule has 2 unspecified atom stereocenters. The molecule has 0 heterocycles. The second-order valence-electron chi connectivity index (χ2n) is 5.11. The third-order valence-electron chi connectivity index (χ3n) is 3.89. The summed E-state index contributed by atoms with van der Waals surface area (Å²) in [6.07, 6.45) is 6.35. The van der Waals surface area contributed by atoms with Gasteiger partial charge in [0.1, 0.15) is 0 Å². The maximum Gasteiger partial charge on any atom is 0.0208 e. The van der Waals surface area contributed by atoms with Gasteiger partial charge < -0.3 is 5.32 Å². The molecule has 0 amide bonds. The molecule has 0 radical (unpaired) electrons. The third kappa shape index (κ3) is 3.26. The van der Waals surface area contributed by atoms with E-state index in [0.717, 1.165) is 11.8 Å². The van der Waals surface area contributed by atoms with Crippen molar-refractivity contribution < 1.29 is 0 Å². The molecule has 0 aliphatic heterocycles. The first-order valence-corrected chi connectivity index (χ1v) is 7.82. The molecule has 1 saturated carbocycles. The highest BCUT2D eigenvalue weighted by molar-refractivity contribution is 7.99. The fourth-order valence-corrected chi connectivity index (χ4v) is 3.57. The standard InChI is InChI=1S/C15H23NS/c1-11-7-8-13(9-12(11)2)10-16-14-5-4-6-15(14)17-3/h7-9,14-16H,4-6,10H2,1-3H3. The van der Waals surface area contributed by atoms with Crippen LogP contribution in [0, 0.1) is 13.8 Å². The fraction of sp³-hybridized carbons (Fsp3) is 0.600. The Morgan fingerprint density at radius 3 is 2.76 bits per heavy atom. The Morgan fingerprint density at radius 2 is 2.06 bits per heavy atom. The van der Waals surface area contributed by atoms with E-state index in [-0.39, 0.29) is 0 Å². The predicted octanol–water partition coefficient (Wildman–Crippen LogP) is 3.68. The Bertz CT molecular complexity index is 375. The van der Waals surface area contributed by atoms with Gasteiger partial charge in [0.05, 0.1) is 0 Å². The van der Waals surface area contributed by atoms with Crippen LogP contribution in [0.5, 0.6) is 0 Å². The maximum absolute atomic E-state index is 3.72. The van der Waals surface area contributed by atoms with E-state index in [1.54, 1.807) is 0 Å². The van der Waals surface area contributed by atoms with Gasteiger partial charge in [0.15, 0.2) is 0 Å². The molecular formula is C15H23NS. The Morgan fingerprint density at radius 1 is 1.24 bits per heavy atom. The molecular weight excluding hydrogens is 226 g/mol. The highest BCUT2D eigenvalue weighted by Gasteiger charge is 2.25. The van der Waals surface area contributed by atoms with Gasteiger partial charge in [0.25, 0.3) is 0 Å². The van der Waals surface area contributed by atoms with Gasteiger partial charge in [-0.05, 0) is 49.6 Å². The van der Waals surface area contributed by atoms with E-state index >= 15 is 0 Å². The summed E-state index contributed by atoms with van der Waals surface area (Å²) in [5.41, 5.74) is 4.20. The molecule has 2 rings (SSSR count). The molecule has 1 aliphatic carbocycles. The molecule has 1 fully saturated rings. The molecule has 2 atom stereocenters. The zero-order chi connectivity index (χ0) is 12.3. The Hall–Kier alpha value is -0.470. The number of hydrogen-bond donors (Lipinski definition) is 1. The van der Waals surface area contributed by atoms with Gasteiger partial charge in [-0.3, -0.25) is 0 Å². The van der Waals surface area contributed by atoms with Crippen molar-refractivity contribution in [1.29, 1.82) is 0 Å². The lowest BCUT2D eigenvalue weighted by Gasteiger charge is -2.19. The topological polar surface area (TPSA) is 12.0 Å². The molecule has 1 aromatic carbocycles. The van der Waals surface area contributed by atoms with Gasteiger partial charge in [0.2, 0.25) is 0 Å². The Balaban J connectivity index is 1.91. The zero-order valence-corrected chi connectivity index (χ0v) is 11.9. The number of thioether (sulfide) groups is 1. The average molecular weight is 249 g/mol. The van der Waals surface area contributed by atoms with Gasteiger partial charge in [-0.25, -0.2) is 0 Å². The Labute approximate surface area is 109 Å². The number of aryl methyl sites for hydroxylation is 2. The maximum atomic E-state index is 3.72. The van der Waals surface area contributed by atoms with Crippen molar-refractivity contribution >= 4 is 11.8 Å². The molecule has 0 spiro atoms. The second-order valence-corrected chi connectivity index (χ2v) is 6.19. The summed E-state index contributed by atoms with van der Waals surface area (Å²) in [5.74, 6) is 0. The van der Waals surface area contributed by atoms with Crippen LogP contribution in [-0.4, -0.2) is 17.5 Å². The van der Waals surface area contributed by atoms with E-state index in [0.29, 0.717) is 6.04 Å². The first-order chi connectivity index (χ1) is 8.20. The van der Waals surface area contributed by atoms with Crippen LogP contribution >= 0.6 is 11.8 Å². The molecule has 1 aliphatic rings. The lowest BCUT2D eigenvalue weighted by atomic mass is 10.1. The lowest BCUT2D eigenvalue weighted by Crippen LogP contribution is -2.33. The molecule has 94 valence electrons. The SMILES string of the molecule is CSC1CCCC1NCc1ccc(C)c(C)c1. The molecule has 1 nitrogen and oxygen atoms in total. The van der Waals surface area contributed by atoms with Gasteiger partial charge in [0, 0.05) is 17.8 Å². The number of benzene rings is 1. The minimum atomic E-state index is 0.714. The number of nitrogens with one attached hydrogen (secondary N) is 1. The summed E-state index contributed by atoms with van der Waals surface area (Å²) in [7, 11) is 0. The van der Waals surface area contributed by atoms with Crippen LogP contribution < -0.4 is 5.32 Å². The molecule has 1 aromatic rings. The van der Waals surface area contributed by atoms with Gasteiger partial charge in [-0.15, -0.1) is 0 Å². The minimum absolute atomic E-state index is 0.714. The lowest BCUT2D eigenvalue weighted by molar-refractivity contribution is 0.532. The fourth-order valence-electron chi connectivity index (χ4n) is 2.60. The van der Waals surface area contributed by atoms with Gasteiger partial charge in [-0.1, -0.05) is 24.6 Å². The van der Waals surface area contributed by atoms with Crippen LogP contribution in [0.15, 0.2) is 18.2 Å². The predicted molar refractivity (Wildman–Crippen MR) is 77.7 cm³/mol. The van der Waals surface area contributed by atoms with Gasteiger partial charge >= 0.3 is 0 Å². The van der Waals surface area contributed by atoms with Crippen LogP contribution in [0.3, 0.4) is 0 Å². The van der Waals surface area contributed by atoms with Crippen molar-refractivity contribution in [3.05, 3.63) is 34.9 Å². The second kappa shape index (κ2) is 5.92. The average Bonchev–Trinajstić information content (AvgIpc) is 2.78. The minimum Gasteiger partial charge on any atom is -0.309 e. The molecule has 0 bridgehead atoms. The summed E-state index contributed by atoms with van der Waals surface area (Å²) < 4.78 is 0. The van der Waals surface area contributed by atoms with Crippen LogP contribution in [0.25, 0.3) is 0 Å². The molecule has 2 heteroatoms. The highest BCUT2D eigenvalue weighted by Crippen LogP contribution is 2.28. The van der Waals surface area contributed by atoms with E-state index in [9.17, 15) is 0 Å². The molecule has 0 saturated heterocycles. The van der Waals surface area contributed by atoms with Crippen molar-refractivity contribution in [3.63, 3.8) is 0 Å². The normalized spacial score (nSPS) is 24.2. The van der Waals surface area contributed by atoms with Crippen molar-refractivity contribution in [2.45, 2.75) is 50.9 Å². The largest absolute Gasteiger partial charge is 0.309 e. The highest BCUT2D eigenvalue weighted by atomic mass is 32.2. The van der Waals surface area contributed by atoms with Crippen LogP contribution in [0.1, 0.15) is 36.0 Å². The smallest absolute Gasteiger partial charge is 0.0208 e. The van der Waals surface area contributed by atoms with Crippen LogP contribution in [0.2, 0.25) is 0 Å². The van der Waals surface area contributed by atoms with Crippen LogP contribution in [-0.2, 0) is 6.54 Å². The first kappa shape index (κ1) is 13.0. The van der Waals surface area contributed by atoms with E-state index < -0.39 is 0 Å². The summed E-state index contributed by atoms with van der Waals surface area (Å²) in [5, 5.41) is 4.55.